The predicted molar refractivity (Wildman–Crippen MR) is 82.5 cm³/mol. The maximum atomic E-state index is 3.50. The van der Waals surface area contributed by atoms with Crippen molar-refractivity contribution in [1.29, 1.82) is 0 Å². The molecular formula is C17H28N2. The van der Waals surface area contributed by atoms with Crippen LogP contribution in [0.5, 0.6) is 0 Å². The molecule has 1 aromatic rings. The zero-order chi connectivity index (χ0) is 13.9. The van der Waals surface area contributed by atoms with Gasteiger partial charge in [-0.05, 0) is 36.4 Å². The molecule has 1 aromatic carbocycles. The molecule has 1 heterocycles. The average molecular weight is 260 g/mol. The van der Waals surface area contributed by atoms with Gasteiger partial charge in [0.25, 0.3) is 0 Å². The maximum absolute atomic E-state index is 3.50. The topological polar surface area (TPSA) is 15.3 Å². The van der Waals surface area contributed by atoms with Crippen molar-refractivity contribution in [3.63, 3.8) is 0 Å². The first-order valence-corrected chi connectivity index (χ1v) is 7.51. The van der Waals surface area contributed by atoms with Gasteiger partial charge in [0.05, 0.1) is 0 Å². The average Bonchev–Trinajstić information content (AvgIpc) is 2.55. The SMILES string of the molecule is CC1CNCCCN1Cc1ccc(C(C)(C)C)cc1. The molecule has 0 aromatic heterocycles. The van der Waals surface area contributed by atoms with Crippen molar-refractivity contribution in [2.45, 2.75) is 52.1 Å². The van der Waals surface area contributed by atoms with Crippen LogP contribution in [0.15, 0.2) is 24.3 Å². The summed E-state index contributed by atoms with van der Waals surface area (Å²) in [6.07, 6.45) is 1.25. The minimum Gasteiger partial charge on any atom is -0.315 e. The van der Waals surface area contributed by atoms with Gasteiger partial charge in [0, 0.05) is 25.7 Å². The number of nitrogens with one attached hydrogen (secondary N) is 1. The lowest BCUT2D eigenvalue weighted by Crippen LogP contribution is -2.36. The Morgan fingerprint density at radius 1 is 1.21 bits per heavy atom. The zero-order valence-corrected chi connectivity index (χ0v) is 12.9. The Kier molecular flexibility index (Phi) is 4.64. The van der Waals surface area contributed by atoms with Crippen LogP contribution in [0.1, 0.15) is 45.2 Å². The van der Waals surface area contributed by atoms with Gasteiger partial charge in [0.2, 0.25) is 0 Å². The first-order chi connectivity index (χ1) is 8.97. The Bertz CT molecular complexity index is 389. The summed E-state index contributed by atoms with van der Waals surface area (Å²) >= 11 is 0. The van der Waals surface area contributed by atoms with Crippen LogP contribution in [-0.2, 0) is 12.0 Å². The molecule has 19 heavy (non-hydrogen) atoms. The molecule has 1 aliphatic rings. The summed E-state index contributed by atoms with van der Waals surface area (Å²) in [5.74, 6) is 0. The third-order valence-corrected chi connectivity index (χ3v) is 4.07. The molecule has 0 spiro atoms. The second-order valence-corrected chi connectivity index (χ2v) is 6.82. The van der Waals surface area contributed by atoms with E-state index in [0.717, 1.165) is 19.6 Å². The summed E-state index contributed by atoms with van der Waals surface area (Å²) in [6, 6.07) is 9.80. The Morgan fingerprint density at radius 3 is 2.53 bits per heavy atom. The van der Waals surface area contributed by atoms with E-state index in [1.165, 1.54) is 24.1 Å². The van der Waals surface area contributed by atoms with Crippen LogP contribution in [0.4, 0.5) is 0 Å². The smallest absolute Gasteiger partial charge is 0.0237 e. The third-order valence-electron chi connectivity index (χ3n) is 4.07. The lowest BCUT2D eigenvalue weighted by Gasteiger charge is -2.27. The monoisotopic (exact) mass is 260 g/mol. The van der Waals surface area contributed by atoms with E-state index in [-0.39, 0.29) is 5.41 Å². The summed E-state index contributed by atoms with van der Waals surface area (Å²) in [4.78, 5) is 2.59. The fraction of sp³-hybridized carbons (Fsp3) is 0.647. The van der Waals surface area contributed by atoms with Crippen molar-refractivity contribution in [2.75, 3.05) is 19.6 Å². The molecule has 0 saturated carbocycles. The quantitative estimate of drug-likeness (QED) is 0.878. The van der Waals surface area contributed by atoms with Crippen molar-refractivity contribution in [3.8, 4) is 0 Å². The van der Waals surface area contributed by atoms with Gasteiger partial charge < -0.3 is 5.32 Å². The van der Waals surface area contributed by atoms with Gasteiger partial charge in [-0.1, -0.05) is 45.0 Å². The van der Waals surface area contributed by atoms with Gasteiger partial charge in [-0.15, -0.1) is 0 Å². The van der Waals surface area contributed by atoms with Crippen molar-refractivity contribution in [3.05, 3.63) is 35.4 Å². The number of benzene rings is 1. The van der Waals surface area contributed by atoms with Crippen LogP contribution in [0.2, 0.25) is 0 Å². The van der Waals surface area contributed by atoms with Crippen molar-refractivity contribution >= 4 is 0 Å². The number of hydrogen-bond acceptors (Lipinski definition) is 2. The van der Waals surface area contributed by atoms with Crippen LogP contribution in [0.3, 0.4) is 0 Å². The van der Waals surface area contributed by atoms with E-state index in [1.54, 1.807) is 0 Å². The van der Waals surface area contributed by atoms with E-state index in [2.05, 4.69) is 62.2 Å². The minimum absolute atomic E-state index is 0.248. The Labute approximate surface area is 118 Å². The van der Waals surface area contributed by atoms with E-state index in [0.29, 0.717) is 6.04 Å². The summed E-state index contributed by atoms with van der Waals surface area (Å²) in [5.41, 5.74) is 3.10. The molecule has 1 fully saturated rings. The van der Waals surface area contributed by atoms with Crippen LogP contribution in [0.25, 0.3) is 0 Å². The minimum atomic E-state index is 0.248. The summed E-state index contributed by atoms with van der Waals surface area (Å²) < 4.78 is 0. The highest BCUT2D eigenvalue weighted by molar-refractivity contribution is 5.27. The van der Waals surface area contributed by atoms with Gasteiger partial charge in [-0.25, -0.2) is 0 Å². The largest absolute Gasteiger partial charge is 0.315 e. The Morgan fingerprint density at radius 2 is 1.89 bits per heavy atom. The molecule has 1 unspecified atom stereocenters. The highest BCUT2D eigenvalue weighted by Gasteiger charge is 2.17. The Hall–Kier alpha value is -0.860. The predicted octanol–water partition coefficient (Wildman–Crippen LogP) is 3.17. The van der Waals surface area contributed by atoms with Crippen molar-refractivity contribution in [2.24, 2.45) is 0 Å². The van der Waals surface area contributed by atoms with Gasteiger partial charge in [0.15, 0.2) is 0 Å². The molecule has 1 saturated heterocycles. The van der Waals surface area contributed by atoms with Gasteiger partial charge in [-0.2, -0.15) is 0 Å². The van der Waals surface area contributed by atoms with Crippen molar-refractivity contribution in [1.82, 2.24) is 10.2 Å². The molecular weight excluding hydrogens is 232 g/mol. The highest BCUT2D eigenvalue weighted by Crippen LogP contribution is 2.22. The first-order valence-electron chi connectivity index (χ1n) is 7.51. The lowest BCUT2D eigenvalue weighted by molar-refractivity contribution is 0.214. The van der Waals surface area contributed by atoms with E-state index in [1.807, 2.05) is 0 Å². The molecule has 0 aliphatic carbocycles. The summed E-state index contributed by atoms with van der Waals surface area (Å²) in [5, 5.41) is 3.50. The molecule has 1 N–H and O–H groups in total. The van der Waals surface area contributed by atoms with Crippen LogP contribution in [0, 0.1) is 0 Å². The van der Waals surface area contributed by atoms with Crippen LogP contribution >= 0.6 is 0 Å². The fourth-order valence-electron chi connectivity index (χ4n) is 2.65. The van der Waals surface area contributed by atoms with Gasteiger partial charge in [-0.3, -0.25) is 4.90 Å². The Balaban J connectivity index is 2.02. The van der Waals surface area contributed by atoms with E-state index < -0.39 is 0 Å². The van der Waals surface area contributed by atoms with Crippen molar-refractivity contribution < 1.29 is 0 Å². The molecule has 0 amide bonds. The lowest BCUT2D eigenvalue weighted by atomic mass is 9.87. The first kappa shape index (κ1) is 14.5. The molecule has 1 atom stereocenters. The second kappa shape index (κ2) is 6.06. The number of nitrogens with zero attached hydrogens (tertiary/aromatic N) is 1. The standard InChI is InChI=1S/C17H28N2/c1-14-12-18-10-5-11-19(14)13-15-6-8-16(9-7-15)17(2,3)4/h6-9,14,18H,5,10-13H2,1-4H3. The van der Waals surface area contributed by atoms with Gasteiger partial charge in [0.1, 0.15) is 0 Å². The maximum Gasteiger partial charge on any atom is 0.0237 e. The molecule has 2 nitrogen and oxygen atoms in total. The molecule has 2 rings (SSSR count). The number of rotatable bonds is 2. The van der Waals surface area contributed by atoms with E-state index in [4.69, 9.17) is 0 Å². The molecule has 106 valence electrons. The third kappa shape index (κ3) is 4.05. The fourth-order valence-corrected chi connectivity index (χ4v) is 2.65. The summed E-state index contributed by atoms with van der Waals surface area (Å²) in [6.45, 7) is 13.7. The molecule has 0 bridgehead atoms. The molecule has 2 heteroatoms. The molecule has 1 aliphatic heterocycles. The van der Waals surface area contributed by atoms with Crippen LogP contribution in [-0.4, -0.2) is 30.6 Å². The molecule has 0 radical (unpaired) electrons. The highest BCUT2D eigenvalue weighted by atomic mass is 15.2. The summed E-state index contributed by atoms with van der Waals surface area (Å²) in [7, 11) is 0. The van der Waals surface area contributed by atoms with E-state index in [9.17, 15) is 0 Å². The van der Waals surface area contributed by atoms with E-state index >= 15 is 0 Å². The normalized spacial score (nSPS) is 22.2. The zero-order valence-electron chi connectivity index (χ0n) is 12.9. The van der Waals surface area contributed by atoms with Gasteiger partial charge >= 0.3 is 0 Å². The van der Waals surface area contributed by atoms with Crippen LogP contribution < -0.4 is 5.32 Å². The number of hydrogen-bond donors (Lipinski definition) is 1. The second-order valence-electron chi connectivity index (χ2n) is 6.82.